The molecule has 0 spiro atoms. The Kier molecular flexibility index (Phi) is 15.5. The number of alkyl carbamates (subject to hydrolysis) is 1. The van der Waals surface area contributed by atoms with Crippen molar-refractivity contribution in [1.29, 1.82) is 0 Å². The van der Waals surface area contributed by atoms with E-state index in [4.69, 9.17) is 14.2 Å². The zero-order chi connectivity index (χ0) is 35.9. The first-order valence-corrected chi connectivity index (χ1v) is 15.8. The smallest absolute Gasteiger partial charge is 0.408 e. The van der Waals surface area contributed by atoms with E-state index in [0.717, 1.165) is 11.1 Å². The first kappa shape index (κ1) is 39.2. The molecule has 262 valence electrons. The molecule has 0 bridgehead atoms. The summed E-state index contributed by atoms with van der Waals surface area (Å²) in [5.41, 5.74) is 0.647. The molecule has 2 aromatic rings. The highest BCUT2D eigenvalue weighted by molar-refractivity contribution is 5.95. The summed E-state index contributed by atoms with van der Waals surface area (Å²) in [6.45, 7) is 9.88. The van der Waals surface area contributed by atoms with Crippen molar-refractivity contribution in [3.05, 3.63) is 71.8 Å². The average Bonchev–Trinajstić information content (AvgIpc) is 3.04. The van der Waals surface area contributed by atoms with Crippen LogP contribution in [0, 0.1) is 5.92 Å². The van der Waals surface area contributed by atoms with Crippen molar-refractivity contribution in [3.63, 3.8) is 0 Å². The largest absolute Gasteiger partial charge is 0.467 e. The summed E-state index contributed by atoms with van der Waals surface area (Å²) in [4.78, 5) is 77.8. The summed E-state index contributed by atoms with van der Waals surface area (Å²) < 4.78 is 15.4. The van der Waals surface area contributed by atoms with E-state index in [0.29, 0.717) is 6.42 Å². The molecule has 0 aliphatic carbocycles. The Morgan fingerprint density at radius 3 is 1.85 bits per heavy atom. The van der Waals surface area contributed by atoms with Gasteiger partial charge in [0.1, 0.15) is 36.4 Å². The third kappa shape index (κ3) is 13.8. The molecule has 13 nitrogen and oxygen atoms in total. The lowest BCUT2D eigenvalue weighted by molar-refractivity contribution is -0.147. The molecule has 4 amide bonds. The predicted octanol–water partition coefficient (Wildman–Crippen LogP) is 2.95. The van der Waals surface area contributed by atoms with E-state index in [2.05, 4.69) is 21.3 Å². The highest BCUT2D eigenvalue weighted by atomic mass is 16.6. The van der Waals surface area contributed by atoms with E-state index < -0.39 is 71.9 Å². The Bertz CT molecular complexity index is 1380. The number of methoxy groups -OCH3 is 1. The first-order chi connectivity index (χ1) is 22.6. The van der Waals surface area contributed by atoms with E-state index in [1.165, 1.54) is 14.0 Å². The molecule has 0 aliphatic rings. The molecule has 0 saturated carbocycles. The maximum atomic E-state index is 13.4. The fraction of sp³-hybridized carbons (Fsp3) is 0.486. The summed E-state index contributed by atoms with van der Waals surface area (Å²) in [6.07, 6.45) is -0.805. The summed E-state index contributed by atoms with van der Waals surface area (Å²) in [7, 11) is 1.22. The van der Waals surface area contributed by atoms with Crippen LogP contribution in [0.4, 0.5) is 4.79 Å². The number of nitrogens with one attached hydrogen (secondary N) is 4. The van der Waals surface area contributed by atoms with Crippen LogP contribution < -0.4 is 21.3 Å². The van der Waals surface area contributed by atoms with Gasteiger partial charge in [0, 0.05) is 6.42 Å². The van der Waals surface area contributed by atoms with Crippen LogP contribution in [0.2, 0.25) is 0 Å². The maximum absolute atomic E-state index is 13.4. The molecule has 4 N–H and O–H groups in total. The van der Waals surface area contributed by atoms with Crippen LogP contribution in [-0.2, 0) is 51.2 Å². The number of hydrogen-bond acceptors (Lipinski definition) is 9. The van der Waals surface area contributed by atoms with Crippen LogP contribution in [0.25, 0.3) is 0 Å². The standard InChI is InChI=1S/C35H48N4O9/c1-8-22(2)29(32(43)37-27(33(44)46-7)19-24-15-11-9-12-16-24)39-30(41)23(3)36-31(42)26(38-34(45)48-35(4,5)6)20-28(40)47-21-25-17-13-10-14-18-25/h9-18,22-23,26-27,29H,8,19-21H2,1-7H3,(H,36,42)(H,37,43)(H,38,45)(H,39,41)/t22-,23-,26+,27+,29-/m0/s1. The van der Waals surface area contributed by atoms with Gasteiger partial charge in [-0.2, -0.15) is 0 Å². The van der Waals surface area contributed by atoms with Gasteiger partial charge in [-0.3, -0.25) is 19.2 Å². The number of amides is 4. The van der Waals surface area contributed by atoms with Crippen molar-refractivity contribution in [2.45, 2.75) is 97.2 Å². The molecule has 2 aromatic carbocycles. The third-order valence-corrected chi connectivity index (χ3v) is 7.25. The van der Waals surface area contributed by atoms with Gasteiger partial charge in [0.25, 0.3) is 0 Å². The zero-order valence-electron chi connectivity index (χ0n) is 28.7. The van der Waals surface area contributed by atoms with E-state index in [1.807, 2.05) is 43.3 Å². The number of carbonyl (C=O) groups is 6. The number of carbonyl (C=O) groups excluding carboxylic acids is 6. The van der Waals surface area contributed by atoms with Crippen LogP contribution in [0.3, 0.4) is 0 Å². The molecular formula is C35H48N4O9. The van der Waals surface area contributed by atoms with Crippen molar-refractivity contribution in [2.24, 2.45) is 5.92 Å². The van der Waals surface area contributed by atoms with Crippen LogP contribution in [-0.4, -0.2) is 72.6 Å². The normalized spacial score (nSPS) is 14.1. The van der Waals surface area contributed by atoms with Gasteiger partial charge in [-0.1, -0.05) is 80.9 Å². The predicted molar refractivity (Wildman–Crippen MR) is 177 cm³/mol. The molecule has 2 rings (SSSR count). The lowest BCUT2D eigenvalue weighted by atomic mass is 9.97. The second-order valence-corrected chi connectivity index (χ2v) is 12.4. The molecule has 48 heavy (non-hydrogen) atoms. The van der Waals surface area contributed by atoms with Gasteiger partial charge in [-0.05, 0) is 44.7 Å². The van der Waals surface area contributed by atoms with E-state index >= 15 is 0 Å². The summed E-state index contributed by atoms with van der Waals surface area (Å²) >= 11 is 0. The highest BCUT2D eigenvalue weighted by Gasteiger charge is 2.33. The Labute approximate surface area is 281 Å². The van der Waals surface area contributed by atoms with Crippen molar-refractivity contribution in [3.8, 4) is 0 Å². The molecule has 13 heteroatoms. The Balaban J connectivity index is 2.13. The Morgan fingerprint density at radius 2 is 1.31 bits per heavy atom. The van der Waals surface area contributed by atoms with Crippen LogP contribution >= 0.6 is 0 Å². The van der Waals surface area contributed by atoms with Gasteiger partial charge in [-0.25, -0.2) is 9.59 Å². The Morgan fingerprint density at radius 1 is 0.729 bits per heavy atom. The zero-order valence-corrected chi connectivity index (χ0v) is 28.7. The lowest BCUT2D eigenvalue weighted by Crippen LogP contribution is -2.59. The number of esters is 2. The van der Waals surface area contributed by atoms with Gasteiger partial charge >= 0.3 is 18.0 Å². The van der Waals surface area contributed by atoms with Gasteiger partial charge in [0.15, 0.2) is 0 Å². The molecule has 5 atom stereocenters. The van der Waals surface area contributed by atoms with Crippen molar-refractivity contribution in [2.75, 3.05) is 7.11 Å². The third-order valence-electron chi connectivity index (χ3n) is 7.25. The minimum absolute atomic E-state index is 0.0412. The summed E-state index contributed by atoms with van der Waals surface area (Å²) in [6, 6.07) is 13.3. The molecule has 0 unspecified atom stereocenters. The molecular weight excluding hydrogens is 620 g/mol. The van der Waals surface area contributed by atoms with Crippen LogP contribution in [0.15, 0.2) is 60.7 Å². The quantitative estimate of drug-likeness (QED) is 0.155. The molecule has 0 heterocycles. The topological polar surface area (TPSA) is 178 Å². The minimum atomic E-state index is -1.44. The highest BCUT2D eigenvalue weighted by Crippen LogP contribution is 2.12. The number of hydrogen-bond donors (Lipinski definition) is 4. The first-order valence-electron chi connectivity index (χ1n) is 15.8. The molecule has 0 fully saturated rings. The van der Waals surface area contributed by atoms with Gasteiger partial charge in [-0.15, -0.1) is 0 Å². The SMILES string of the molecule is CC[C@H](C)[C@H](NC(=O)[C@H](C)NC(=O)[C@@H](CC(=O)OCc1ccccc1)NC(=O)OC(C)(C)C)C(=O)N[C@H](Cc1ccccc1)C(=O)OC. The number of benzene rings is 2. The van der Waals surface area contributed by atoms with Gasteiger partial charge in [0.05, 0.1) is 13.5 Å². The van der Waals surface area contributed by atoms with E-state index in [1.54, 1.807) is 52.0 Å². The molecule has 0 aromatic heterocycles. The van der Waals surface area contributed by atoms with Crippen molar-refractivity contribution in [1.82, 2.24) is 21.3 Å². The monoisotopic (exact) mass is 668 g/mol. The second-order valence-electron chi connectivity index (χ2n) is 12.4. The molecule has 0 saturated heterocycles. The lowest BCUT2D eigenvalue weighted by Gasteiger charge is -2.28. The molecule has 0 aliphatic heterocycles. The Hall–Kier alpha value is -4.94. The van der Waals surface area contributed by atoms with Crippen LogP contribution in [0.5, 0.6) is 0 Å². The van der Waals surface area contributed by atoms with E-state index in [9.17, 15) is 28.8 Å². The van der Waals surface area contributed by atoms with E-state index in [-0.39, 0.29) is 18.9 Å². The van der Waals surface area contributed by atoms with Crippen LogP contribution in [0.1, 0.15) is 65.5 Å². The summed E-state index contributed by atoms with van der Waals surface area (Å²) in [5.74, 6) is -3.92. The molecule has 0 radical (unpaired) electrons. The van der Waals surface area contributed by atoms with Gasteiger partial charge in [0.2, 0.25) is 17.7 Å². The fourth-order valence-corrected chi connectivity index (χ4v) is 4.43. The fourth-order valence-electron chi connectivity index (χ4n) is 4.43. The number of ether oxygens (including phenoxy) is 3. The second kappa shape index (κ2) is 19.0. The summed E-state index contributed by atoms with van der Waals surface area (Å²) in [5, 5.41) is 10.2. The minimum Gasteiger partial charge on any atom is -0.467 e. The average molecular weight is 669 g/mol. The van der Waals surface area contributed by atoms with Crippen molar-refractivity contribution < 1.29 is 43.0 Å². The van der Waals surface area contributed by atoms with Gasteiger partial charge < -0.3 is 35.5 Å². The number of rotatable bonds is 16. The van der Waals surface area contributed by atoms with Crippen molar-refractivity contribution >= 4 is 35.8 Å². The maximum Gasteiger partial charge on any atom is 0.408 e.